The van der Waals surface area contributed by atoms with E-state index in [-0.39, 0.29) is 17.8 Å². The van der Waals surface area contributed by atoms with Crippen LogP contribution < -0.4 is 5.32 Å². The third-order valence-corrected chi connectivity index (χ3v) is 5.88. The Labute approximate surface area is 187 Å². The number of carbonyl (C=O) groups excluding carboxylic acids is 1. The minimum atomic E-state index is -0.327. The number of rotatable bonds is 8. The van der Waals surface area contributed by atoms with E-state index < -0.39 is 0 Å². The highest BCUT2D eigenvalue weighted by molar-refractivity contribution is 5.76. The molecule has 1 saturated heterocycles. The Kier molecular flexibility index (Phi) is 7.35. The minimum Gasteiger partial charge on any atom is -0.461 e. The van der Waals surface area contributed by atoms with E-state index in [2.05, 4.69) is 22.3 Å². The van der Waals surface area contributed by atoms with E-state index in [1.165, 1.54) is 11.6 Å². The van der Waals surface area contributed by atoms with E-state index in [1.54, 1.807) is 30.3 Å². The summed E-state index contributed by atoms with van der Waals surface area (Å²) in [6.45, 7) is 3.22. The van der Waals surface area contributed by atoms with Gasteiger partial charge in [-0.1, -0.05) is 36.4 Å². The normalized spacial score (nSPS) is 15.1. The number of aryl methyl sites for hydroxylation is 1. The average Bonchev–Trinajstić information content (AvgIpc) is 3.28. The zero-order chi connectivity index (χ0) is 22.3. The number of likely N-dealkylation sites (tertiary alicyclic amines) is 1. The smallest absolute Gasteiger partial charge is 0.220 e. The third-order valence-electron chi connectivity index (χ3n) is 5.88. The monoisotopic (exact) mass is 436 g/mol. The number of nitrogens with zero attached hydrogens (tertiary/aromatic N) is 1. The SMILES string of the molecule is O=C(CCc1ccc(-c2ccccc2F)o1)NCc1ccc(CN2CCC(O)CC2)cc1. The molecule has 1 fully saturated rings. The third kappa shape index (κ3) is 6.05. The summed E-state index contributed by atoms with van der Waals surface area (Å²) in [6.07, 6.45) is 2.30. The highest BCUT2D eigenvalue weighted by atomic mass is 19.1. The Morgan fingerprint density at radius 3 is 2.50 bits per heavy atom. The lowest BCUT2D eigenvalue weighted by Gasteiger charge is -2.29. The first kappa shape index (κ1) is 22.2. The van der Waals surface area contributed by atoms with Crippen LogP contribution in [0.4, 0.5) is 4.39 Å². The van der Waals surface area contributed by atoms with Crippen LogP contribution in [0.25, 0.3) is 11.3 Å². The molecule has 0 spiro atoms. The van der Waals surface area contributed by atoms with Crippen molar-refractivity contribution < 1.29 is 18.7 Å². The van der Waals surface area contributed by atoms with Gasteiger partial charge in [-0.05, 0) is 48.2 Å². The summed E-state index contributed by atoms with van der Waals surface area (Å²) in [5, 5.41) is 12.6. The molecule has 168 valence electrons. The van der Waals surface area contributed by atoms with Gasteiger partial charge >= 0.3 is 0 Å². The topological polar surface area (TPSA) is 65.7 Å². The fraction of sp³-hybridized carbons (Fsp3) is 0.346. The number of piperidine rings is 1. The number of aliphatic hydroxyl groups excluding tert-OH is 1. The summed E-state index contributed by atoms with van der Waals surface area (Å²) in [4.78, 5) is 14.6. The highest BCUT2D eigenvalue weighted by Gasteiger charge is 2.16. The van der Waals surface area contributed by atoms with Crippen LogP contribution in [0.2, 0.25) is 0 Å². The Morgan fingerprint density at radius 2 is 1.75 bits per heavy atom. The van der Waals surface area contributed by atoms with Crippen LogP contribution in [-0.2, 0) is 24.3 Å². The molecule has 1 aliphatic rings. The molecular weight excluding hydrogens is 407 g/mol. The van der Waals surface area contributed by atoms with Crippen LogP contribution in [0, 0.1) is 5.82 Å². The van der Waals surface area contributed by atoms with Crippen molar-refractivity contribution in [2.45, 2.75) is 44.9 Å². The molecule has 0 saturated carbocycles. The molecule has 2 aromatic carbocycles. The van der Waals surface area contributed by atoms with Crippen molar-refractivity contribution in [1.29, 1.82) is 0 Å². The Bertz CT molecular complexity index is 1020. The molecule has 0 atom stereocenters. The molecule has 0 bridgehead atoms. The fourth-order valence-electron chi connectivity index (χ4n) is 3.94. The molecule has 5 nitrogen and oxygen atoms in total. The van der Waals surface area contributed by atoms with Gasteiger partial charge in [0, 0.05) is 39.0 Å². The molecule has 1 aliphatic heterocycles. The second kappa shape index (κ2) is 10.6. The first-order valence-corrected chi connectivity index (χ1v) is 11.2. The van der Waals surface area contributed by atoms with E-state index in [1.807, 2.05) is 12.1 Å². The molecular formula is C26H29FN2O3. The van der Waals surface area contributed by atoms with E-state index in [9.17, 15) is 14.3 Å². The second-order valence-corrected chi connectivity index (χ2v) is 8.35. The summed E-state index contributed by atoms with van der Waals surface area (Å²) < 4.78 is 19.6. The van der Waals surface area contributed by atoms with Gasteiger partial charge in [-0.25, -0.2) is 4.39 Å². The number of halogens is 1. The van der Waals surface area contributed by atoms with E-state index in [0.29, 0.717) is 36.5 Å². The predicted octanol–water partition coefficient (Wildman–Crippen LogP) is 4.29. The first-order valence-electron chi connectivity index (χ1n) is 11.2. The molecule has 2 N–H and O–H groups in total. The maximum Gasteiger partial charge on any atom is 0.220 e. The highest BCUT2D eigenvalue weighted by Crippen LogP contribution is 2.25. The van der Waals surface area contributed by atoms with Gasteiger partial charge in [0.05, 0.1) is 11.7 Å². The van der Waals surface area contributed by atoms with Crippen molar-refractivity contribution in [2.24, 2.45) is 0 Å². The van der Waals surface area contributed by atoms with Gasteiger partial charge in [0.25, 0.3) is 0 Å². The summed E-state index contributed by atoms with van der Waals surface area (Å²) in [6, 6.07) is 18.3. The van der Waals surface area contributed by atoms with Gasteiger partial charge in [0.15, 0.2) is 0 Å². The van der Waals surface area contributed by atoms with Crippen molar-refractivity contribution in [3.05, 3.63) is 83.4 Å². The summed E-state index contributed by atoms with van der Waals surface area (Å²) in [5.41, 5.74) is 2.71. The molecule has 3 aromatic rings. The largest absolute Gasteiger partial charge is 0.461 e. The summed E-state index contributed by atoms with van der Waals surface area (Å²) in [7, 11) is 0. The average molecular weight is 437 g/mol. The van der Waals surface area contributed by atoms with Gasteiger partial charge in [-0.15, -0.1) is 0 Å². The van der Waals surface area contributed by atoms with Crippen LogP contribution in [0.3, 0.4) is 0 Å². The van der Waals surface area contributed by atoms with E-state index in [4.69, 9.17) is 4.42 Å². The minimum absolute atomic E-state index is 0.0511. The molecule has 0 unspecified atom stereocenters. The lowest BCUT2D eigenvalue weighted by molar-refractivity contribution is -0.121. The Balaban J connectivity index is 1.20. The van der Waals surface area contributed by atoms with Crippen molar-refractivity contribution in [3.8, 4) is 11.3 Å². The lowest BCUT2D eigenvalue weighted by atomic mass is 10.1. The lowest BCUT2D eigenvalue weighted by Crippen LogP contribution is -2.35. The number of nitrogens with one attached hydrogen (secondary N) is 1. The maximum absolute atomic E-state index is 13.9. The Hall–Kier alpha value is -2.96. The van der Waals surface area contributed by atoms with Gasteiger partial charge in [0.2, 0.25) is 5.91 Å². The summed E-state index contributed by atoms with van der Waals surface area (Å²) >= 11 is 0. The van der Waals surface area contributed by atoms with Crippen LogP contribution in [0.15, 0.2) is 65.1 Å². The van der Waals surface area contributed by atoms with Crippen molar-refractivity contribution in [1.82, 2.24) is 10.2 Å². The van der Waals surface area contributed by atoms with E-state index in [0.717, 1.165) is 38.0 Å². The number of hydrogen-bond donors (Lipinski definition) is 2. The van der Waals surface area contributed by atoms with Gasteiger partial charge in [-0.3, -0.25) is 9.69 Å². The molecule has 0 radical (unpaired) electrons. The van der Waals surface area contributed by atoms with Gasteiger partial charge in [-0.2, -0.15) is 0 Å². The van der Waals surface area contributed by atoms with Crippen molar-refractivity contribution in [3.63, 3.8) is 0 Å². The predicted molar refractivity (Wildman–Crippen MR) is 121 cm³/mol. The molecule has 1 amide bonds. The molecule has 32 heavy (non-hydrogen) atoms. The first-order chi connectivity index (χ1) is 15.6. The van der Waals surface area contributed by atoms with E-state index >= 15 is 0 Å². The number of amides is 1. The molecule has 1 aromatic heterocycles. The fourth-order valence-corrected chi connectivity index (χ4v) is 3.94. The zero-order valence-electron chi connectivity index (χ0n) is 18.1. The second-order valence-electron chi connectivity index (χ2n) is 8.35. The molecule has 0 aliphatic carbocycles. The number of hydrogen-bond acceptors (Lipinski definition) is 4. The van der Waals surface area contributed by atoms with Gasteiger partial charge in [0.1, 0.15) is 17.3 Å². The van der Waals surface area contributed by atoms with Crippen LogP contribution in [0.5, 0.6) is 0 Å². The molecule has 2 heterocycles. The van der Waals surface area contributed by atoms with Gasteiger partial charge < -0.3 is 14.8 Å². The molecule has 4 rings (SSSR count). The van der Waals surface area contributed by atoms with Crippen molar-refractivity contribution >= 4 is 5.91 Å². The molecule has 6 heteroatoms. The van der Waals surface area contributed by atoms with Crippen LogP contribution >= 0.6 is 0 Å². The standard InChI is InChI=1S/C26H29FN2O3/c27-24-4-2-1-3-23(24)25-11-9-22(32-25)10-12-26(31)28-17-19-5-7-20(8-6-19)18-29-15-13-21(30)14-16-29/h1-9,11,21,30H,10,12-18H2,(H,28,31). The quantitative estimate of drug-likeness (QED) is 0.553. The Morgan fingerprint density at radius 1 is 1.03 bits per heavy atom. The summed E-state index contributed by atoms with van der Waals surface area (Å²) in [5.74, 6) is 0.754. The number of carbonyl (C=O) groups is 1. The van der Waals surface area contributed by atoms with Crippen LogP contribution in [0.1, 0.15) is 36.1 Å². The van der Waals surface area contributed by atoms with Crippen molar-refractivity contribution in [2.75, 3.05) is 13.1 Å². The van der Waals surface area contributed by atoms with Crippen LogP contribution in [-0.4, -0.2) is 35.1 Å². The zero-order valence-corrected chi connectivity index (χ0v) is 18.1. The number of aliphatic hydroxyl groups is 1. The number of benzene rings is 2. The number of furan rings is 1. The maximum atomic E-state index is 13.9.